The van der Waals surface area contributed by atoms with Crippen molar-refractivity contribution in [1.82, 2.24) is 14.7 Å². The van der Waals surface area contributed by atoms with Gasteiger partial charge in [-0.15, -0.1) is 0 Å². The van der Waals surface area contributed by atoms with Gasteiger partial charge in [-0.3, -0.25) is 4.79 Å². The second-order valence-electron chi connectivity index (χ2n) is 6.49. The second-order valence-corrected chi connectivity index (χ2v) is 6.49. The molecule has 2 aromatic heterocycles. The summed E-state index contributed by atoms with van der Waals surface area (Å²) in [4.78, 5) is 16.6. The molecule has 0 fully saturated rings. The highest BCUT2D eigenvalue weighted by Gasteiger charge is 2.03. The highest BCUT2D eigenvalue weighted by molar-refractivity contribution is 5.91. The van der Waals surface area contributed by atoms with Gasteiger partial charge in [-0.25, -0.2) is 4.98 Å². The van der Waals surface area contributed by atoms with Crippen molar-refractivity contribution in [2.45, 2.75) is 33.4 Å². The van der Waals surface area contributed by atoms with Crippen molar-refractivity contribution in [2.75, 3.05) is 0 Å². The summed E-state index contributed by atoms with van der Waals surface area (Å²) in [5, 5.41) is 2.86. The number of benzene rings is 1. The molecule has 26 heavy (non-hydrogen) atoms. The number of aryl methyl sites for hydroxylation is 1. The monoisotopic (exact) mass is 349 g/mol. The van der Waals surface area contributed by atoms with Crippen LogP contribution in [0.4, 0.5) is 0 Å². The molecule has 3 aromatic rings. The van der Waals surface area contributed by atoms with Gasteiger partial charge in [0.25, 0.3) is 0 Å². The number of rotatable bonds is 6. The Kier molecular flexibility index (Phi) is 5.37. The number of nitrogens with one attached hydrogen (secondary N) is 1. The summed E-state index contributed by atoms with van der Waals surface area (Å²) in [6, 6.07) is 11.7. The van der Waals surface area contributed by atoms with Crippen LogP contribution in [0.5, 0.6) is 5.75 Å². The van der Waals surface area contributed by atoms with Crippen molar-refractivity contribution in [3.63, 3.8) is 0 Å². The number of fused-ring (bicyclic) bond motifs is 1. The Balaban J connectivity index is 1.58. The molecule has 5 heteroatoms. The average Bonchev–Trinajstić information content (AvgIpc) is 3.00. The Labute approximate surface area is 153 Å². The maximum atomic E-state index is 12.1. The van der Waals surface area contributed by atoms with Gasteiger partial charge < -0.3 is 14.5 Å². The number of imidazole rings is 1. The summed E-state index contributed by atoms with van der Waals surface area (Å²) in [6.45, 7) is 6.38. The number of hydrogen-bond acceptors (Lipinski definition) is 3. The van der Waals surface area contributed by atoms with E-state index in [1.165, 1.54) is 6.08 Å². The maximum absolute atomic E-state index is 12.1. The number of aromatic nitrogens is 2. The topological polar surface area (TPSA) is 55.6 Å². The van der Waals surface area contributed by atoms with Gasteiger partial charge in [-0.2, -0.15) is 0 Å². The van der Waals surface area contributed by atoms with Gasteiger partial charge in [0.1, 0.15) is 11.4 Å². The molecule has 0 aliphatic carbocycles. The zero-order valence-corrected chi connectivity index (χ0v) is 15.3. The zero-order chi connectivity index (χ0) is 18.5. The van der Waals surface area contributed by atoms with Crippen molar-refractivity contribution < 1.29 is 9.53 Å². The van der Waals surface area contributed by atoms with Gasteiger partial charge in [0, 0.05) is 18.5 Å². The number of amides is 1. The third-order valence-corrected chi connectivity index (χ3v) is 3.77. The lowest BCUT2D eigenvalue weighted by Crippen LogP contribution is -2.20. The highest BCUT2D eigenvalue weighted by atomic mass is 16.5. The van der Waals surface area contributed by atoms with Crippen LogP contribution in [0.3, 0.4) is 0 Å². The molecule has 3 rings (SSSR count). The van der Waals surface area contributed by atoms with Crippen LogP contribution in [0.25, 0.3) is 11.7 Å². The van der Waals surface area contributed by atoms with Crippen molar-refractivity contribution in [3.05, 3.63) is 71.7 Å². The largest absolute Gasteiger partial charge is 0.491 e. The molecule has 5 nitrogen and oxygen atoms in total. The first-order chi connectivity index (χ1) is 12.5. The van der Waals surface area contributed by atoms with E-state index in [0.717, 1.165) is 28.2 Å². The first kappa shape index (κ1) is 17.7. The molecule has 0 unspecified atom stereocenters. The summed E-state index contributed by atoms with van der Waals surface area (Å²) in [5.74, 6) is 0.635. The summed E-state index contributed by atoms with van der Waals surface area (Å²) in [7, 11) is 0. The summed E-state index contributed by atoms with van der Waals surface area (Å²) in [5.41, 5.74) is 3.78. The highest BCUT2D eigenvalue weighted by Crippen LogP contribution is 2.16. The minimum Gasteiger partial charge on any atom is -0.491 e. The van der Waals surface area contributed by atoms with E-state index in [-0.39, 0.29) is 12.0 Å². The van der Waals surface area contributed by atoms with Crippen LogP contribution in [0.15, 0.2) is 54.9 Å². The lowest BCUT2D eigenvalue weighted by Gasteiger charge is -2.09. The standard InChI is InChI=1S/C21H23N3O2/c1-15(2)26-19-6-4-5-17(12-19)7-8-21(25)22-13-18-14-24-10-9-16(3)11-20(24)23-18/h4-12,14-15H,13H2,1-3H3,(H,22,25)/b8-7+. The van der Waals surface area contributed by atoms with E-state index in [4.69, 9.17) is 4.74 Å². The Morgan fingerprint density at radius 1 is 1.31 bits per heavy atom. The number of pyridine rings is 1. The SMILES string of the molecule is Cc1ccn2cc(CNC(=O)/C=C/c3cccc(OC(C)C)c3)nc2c1. The van der Waals surface area contributed by atoms with Crippen LogP contribution < -0.4 is 10.1 Å². The van der Waals surface area contributed by atoms with Gasteiger partial charge in [0.05, 0.1) is 18.3 Å². The predicted molar refractivity (Wildman–Crippen MR) is 103 cm³/mol. The second kappa shape index (κ2) is 7.87. The molecule has 2 heterocycles. The van der Waals surface area contributed by atoms with Gasteiger partial charge in [0.2, 0.25) is 5.91 Å². The molecule has 1 amide bonds. The Bertz CT molecular complexity index is 941. The Hall–Kier alpha value is -3.08. The van der Waals surface area contributed by atoms with Crippen LogP contribution in [0.2, 0.25) is 0 Å². The van der Waals surface area contributed by atoms with Crippen molar-refractivity contribution in [3.8, 4) is 5.75 Å². The fourth-order valence-electron chi connectivity index (χ4n) is 2.59. The summed E-state index contributed by atoms with van der Waals surface area (Å²) >= 11 is 0. The van der Waals surface area contributed by atoms with E-state index < -0.39 is 0 Å². The smallest absolute Gasteiger partial charge is 0.244 e. The average molecular weight is 349 g/mol. The molecule has 0 saturated heterocycles. The molecule has 0 aliphatic heterocycles. The van der Waals surface area contributed by atoms with Crippen LogP contribution in [0, 0.1) is 6.92 Å². The molecule has 0 bridgehead atoms. The first-order valence-electron chi connectivity index (χ1n) is 8.66. The van der Waals surface area contributed by atoms with Gasteiger partial charge >= 0.3 is 0 Å². The van der Waals surface area contributed by atoms with E-state index in [0.29, 0.717) is 6.54 Å². The van der Waals surface area contributed by atoms with E-state index in [1.54, 1.807) is 6.08 Å². The molecule has 1 N–H and O–H groups in total. The molecular weight excluding hydrogens is 326 g/mol. The maximum Gasteiger partial charge on any atom is 0.244 e. The summed E-state index contributed by atoms with van der Waals surface area (Å²) < 4.78 is 7.61. The molecule has 0 atom stereocenters. The number of carbonyl (C=O) groups excluding carboxylic acids is 1. The Morgan fingerprint density at radius 2 is 2.15 bits per heavy atom. The molecule has 134 valence electrons. The van der Waals surface area contributed by atoms with E-state index >= 15 is 0 Å². The fourth-order valence-corrected chi connectivity index (χ4v) is 2.59. The van der Waals surface area contributed by atoms with E-state index in [9.17, 15) is 4.79 Å². The minimum atomic E-state index is -0.159. The number of ether oxygens (including phenoxy) is 1. The van der Waals surface area contributed by atoms with Crippen molar-refractivity contribution in [1.29, 1.82) is 0 Å². The van der Waals surface area contributed by atoms with Crippen LogP contribution >= 0.6 is 0 Å². The van der Waals surface area contributed by atoms with Crippen molar-refractivity contribution >= 4 is 17.6 Å². The van der Waals surface area contributed by atoms with Gasteiger partial charge in [-0.05, 0) is 62.2 Å². The number of hydrogen-bond donors (Lipinski definition) is 1. The first-order valence-corrected chi connectivity index (χ1v) is 8.66. The third kappa shape index (κ3) is 4.72. The van der Waals surface area contributed by atoms with Crippen molar-refractivity contribution in [2.24, 2.45) is 0 Å². The predicted octanol–water partition coefficient (Wildman–Crippen LogP) is 3.76. The molecule has 1 aromatic carbocycles. The Morgan fingerprint density at radius 3 is 2.96 bits per heavy atom. The van der Waals surface area contributed by atoms with Crippen LogP contribution in [-0.2, 0) is 11.3 Å². The van der Waals surface area contributed by atoms with Gasteiger partial charge in [0.15, 0.2) is 0 Å². The van der Waals surface area contributed by atoms with Crippen LogP contribution in [0.1, 0.15) is 30.7 Å². The summed E-state index contributed by atoms with van der Waals surface area (Å²) in [6.07, 6.45) is 7.30. The number of nitrogens with zero attached hydrogens (tertiary/aromatic N) is 2. The lowest BCUT2D eigenvalue weighted by atomic mass is 10.2. The lowest BCUT2D eigenvalue weighted by molar-refractivity contribution is -0.116. The fraction of sp³-hybridized carbons (Fsp3) is 0.238. The molecule has 0 saturated carbocycles. The van der Waals surface area contributed by atoms with E-state index in [2.05, 4.69) is 10.3 Å². The van der Waals surface area contributed by atoms with Gasteiger partial charge in [-0.1, -0.05) is 12.1 Å². The third-order valence-electron chi connectivity index (χ3n) is 3.77. The quantitative estimate of drug-likeness (QED) is 0.690. The van der Waals surface area contributed by atoms with E-state index in [1.807, 2.05) is 74.0 Å². The normalized spacial score (nSPS) is 11.4. The minimum absolute atomic E-state index is 0.117. The molecule has 0 radical (unpaired) electrons. The number of carbonyl (C=O) groups is 1. The molecular formula is C21H23N3O2. The molecule has 0 aliphatic rings. The van der Waals surface area contributed by atoms with Crippen LogP contribution in [-0.4, -0.2) is 21.4 Å². The molecule has 0 spiro atoms. The zero-order valence-electron chi connectivity index (χ0n) is 15.3.